The zero-order valence-electron chi connectivity index (χ0n) is 23.4. The lowest BCUT2D eigenvalue weighted by atomic mass is 9.71. The molecule has 212 valence electrons. The third-order valence-electron chi connectivity index (χ3n) is 6.91. The molecule has 0 saturated carbocycles. The Labute approximate surface area is 246 Å². The van der Waals surface area contributed by atoms with Crippen molar-refractivity contribution < 1.29 is 23.7 Å². The van der Waals surface area contributed by atoms with Gasteiger partial charge in [0.1, 0.15) is 10.6 Å². The van der Waals surface area contributed by atoms with Gasteiger partial charge in [-0.15, -0.1) is 11.8 Å². The number of methoxy groups -OCH3 is 3. The van der Waals surface area contributed by atoms with E-state index in [9.17, 15) is 5.11 Å². The van der Waals surface area contributed by atoms with Gasteiger partial charge in [-0.1, -0.05) is 28.1 Å². The average molecular weight is 631 g/mol. The molecule has 7 nitrogen and oxygen atoms in total. The molecule has 2 aromatic carbocycles. The summed E-state index contributed by atoms with van der Waals surface area (Å²) in [6, 6.07) is 16.1. The normalized spacial score (nSPS) is 13.8. The Morgan fingerprint density at radius 1 is 1.00 bits per heavy atom. The van der Waals surface area contributed by atoms with Crippen molar-refractivity contribution in [1.82, 2.24) is 14.9 Å². The molecular weight excluding hydrogens is 597 g/mol. The summed E-state index contributed by atoms with van der Waals surface area (Å²) < 4.78 is 33.7. The first-order valence-electron chi connectivity index (χ1n) is 12.6. The van der Waals surface area contributed by atoms with Crippen LogP contribution in [-0.4, -0.2) is 68.2 Å². The fourth-order valence-electron chi connectivity index (χ4n) is 4.90. The molecule has 0 unspecified atom stereocenters. The molecule has 2 atom stereocenters. The van der Waals surface area contributed by atoms with Crippen LogP contribution >= 0.6 is 27.7 Å². The van der Waals surface area contributed by atoms with Crippen LogP contribution in [0.1, 0.15) is 29.0 Å². The van der Waals surface area contributed by atoms with E-state index in [1.807, 2.05) is 55.6 Å². The van der Waals surface area contributed by atoms with Gasteiger partial charge in [0.25, 0.3) is 0 Å². The van der Waals surface area contributed by atoms with Crippen molar-refractivity contribution in [3.63, 3.8) is 0 Å². The Morgan fingerprint density at radius 3 is 2.42 bits per heavy atom. The average Bonchev–Trinajstić information content (AvgIpc) is 2.96. The number of hydrogen-bond acceptors (Lipinski definition) is 8. The maximum atomic E-state index is 16.2. The lowest BCUT2D eigenvalue weighted by Crippen LogP contribution is -2.38. The standard InChI is InChI=1S/C30H33BrFN3O4S/c1-35(2)13-12-30(36,19-16-25(38-4)34-26(17-19)40-6)27(21-8-7-9-24(37-3)28(21)32)22-15-18-14-20(31)10-11-23(18)33-29(22)39-5/h7-11,14-17,27,36H,12-13H2,1-6H3/t27-,30-/m1/s1. The van der Waals surface area contributed by atoms with Gasteiger partial charge < -0.3 is 24.2 Å². The second kappa shape index (κ2) is 12.7. The van der Waals surface area contributed by atoms with Gasteiger partial charge in [0.15, 0.2) is 11.6 Å². The first kappa shape index (κ1) is 30.0. The minimum Gasteiger partial charge on any atom is -0.494 e. The molecule has 0 radical (unpaired) electrons. The molecule has 0 aliphatic heterocycles. The van der Waals surface area contributed by atoms with Gasteiger partial charge in [-0.3, -0.25) is 0 Å². The van der Waals surface area contributed by atoms with Crippen molar-refractivity contribution in [2.45, 2.75) is 23.0 Å². The van der Waals surface area contributed by atoms with Crippen molar-refractivity contribution in [3.05, 3.63) is 81.6 Å². The van der Waals surface area contributed by atoms with E-state index < -0.39 is 17.3 Å². The Kier molecular flexibility index (Phi) is 9.56. The minimum absolute atomic E-state index is 0.0741. The van der Waals surface area contributed by atoms with Gasteiger partial charge in [0, 0.05) is 33.6 Å². The molecule has 2 aromatic heterocycles. The molecule has 40 heavy (non-hydrogen) atoms. The molecule has 4 aromatic rings. The SMILES string of the molecule is COc1cc([C@](O)(CCN(C)C)[C@@H](c2cc3cc(Br)ccc3nc2OC)c2cccc(OC)c2F)cc(SC)n1. The highest BCUT2D eigenvalue weighted by molar-refractivity contribution is 9.10. The summed E-state index contributed by atoms with van der Waals surface area (Å²) in [5, 5.41) is 14.4. The number of thioether (sulfide) groups is 1. The van der Waals surface area contributed by atoms with Crippen LogP contribution in [0.4, 0.5) is 4.39 Å². The van der Waals surface area contributed by atoms with E-state index in [4.69, 9.17) is 19.2 Å². The Balaban J connectivity index is 2.12. The lowest BCUT2D eigenvalue weighted by molar-refractivity contribution is 0.00230. The largest absolute Gasteiger partial charge is 0.494 e. The molecule has 0 aliphatic carbocycles. The first-order valence-corrected chi connectivity index (χ1v) is 14.6. The summed E-state index contributed by atoms with van der Waals surface area (Å²) in [5.41, 5.74) is 0.377. The summed E-state index contributed by atoms with van der Waals surface area (Å²) in [4.78, 5) is 11.2. The molecule has 0 fully saturated rings. The Morgan fingerprint density at radius 2 is 1.77 bits per heavy atom. The number of fused-ring (bicyclic) bond motifs is 1. The van der Waals surface area contributed by atoms with Gasteiger partial charge in [-0.05, 0) is 68.7 Å². The van der Waals surface area contributed by atoms with E-state index in [-0.39, 0.29) is 23.6 Å². The van der Waals surface area contributed by atoms with Crippen LogP contribution in [0, 0.1) is 5.82 Å². The van der Waals surface area contributed by atoms with Crippen molar-refractivity contribution in [2.24, 2.45) is 0 Å². The van der Waals surface area contributed by atoms with E-state index in [0.29, 0.717) is 34.1 Å². The fourth-order valence-corrected chi connectivity index (χ4v) is 5.70. The van der Waals surface area contributed by atoms with E-state index in [1.165, 1.54) is 33.1 Å². The third kappa shape index (κ3) is 6.05. The summed E-state index contributed by atoms with van der Waals surface area (Å²) >= 11 is 4.97. The second-order valence-corrected chi connectivity index (χ2v) is 11.4. The molecule has 1 N–H and O–H groups in total. The number of aliphatic hydroxyl groups is 1. The quantitative estimate of drug-likeness (QED) is 0.195. The first-order chi connectivity index (χ1) is 19.1. The number of halogens is 2. The van der Waals surface area contributed by atoms with Crippen molar-refractivity contribution in [3.8, 4) is 17.5 Å². The molecule has 0 aliphatic rings. The number of pyridine rings is 2. The van der Waals surface area contributed by atoms with E-state index in [1.54, 1.807) is 24.3 Å². The van der Waals surface area contributed by atoms with Crippen LogP contribution in [0.2, 0.25) is 0 Å². The van der Waals surface area contributed by atoms with E-state index in [2.05, 4.69) is 20.9 Å². The maximum Gasteiger partial charge on any atom is 0.217 e. The molecule has 4 rings (SSSR count). The van der Waals surface area contributed by atoms with Gasteiger partial charge in [-0.25, -0.2) is 14.4 Å². The van der Waals surface area contributed by atoms with Crippen LogP contribution in [0.25, 0.3) is 10.9 Å². The number of benzene rings is 2. The van der Waals surface area contributed by atoms with Crippen molar-refractivity contribution >= 4 is 38.6 Å². The molecule has 10 heteroatoms. The maximum absolute atomic E-state index is 16.2. The number of rotatable bonds is 11. The highest BCUT2D eigenvalue weighted by atomic mass is 79.9. The van der Waals surface area contributed by atoms with Crippen LogP contribution in [0.15, 0.2) is 64.1 Å². The lowest BCUT2D eigenvalue weighted by Gasteiger charge is -2.39. The number of ether oxygens (including phenoxy) is 3. The Hall–Kier alpha value is -2.92. The van der Waals surface area contributed by atoms with E-state index >= 15 is 4.39 Å². The highest BCUT2D eigenvalue weighted by Crippen LogP contribution is 2.49. The van der Waals surface area contributed by atoms with Crippen molar-refractivity contribution in [2.75, 3.05) is 48.2 Å². The van der Waals surface area contributed by atoms with Crippen LogP contribution in [-0.2, 0) is 5.60 Å². The zero-order valence-corrected chi connectivity index (χ0v) is 25.8. The van der Waals surface area contributed by atoms with Gasteiger partial charge >= 0.3 is 0 Å². The molecule has 2 heterocycles. The van der Waals surface area contributed by atoms with Gasteiger partial charge in [0.05, 0.1) is 32.8 Å². The monoisotopic (exact) mass is 629 g/mol. The molecule has 0 saturated heterocycles. The minimum atomic E-state index is -1.65. The zero-order chi connectivity index (χ0) is 29.0. The fraction of sp³-hybridized carbons (Fsp3) is 0.333. The smallest absolute Gasteiger partial charge is 0.217 e. The third-order valence-corrected chi connectivity index (χ3v) is 8.03. The van der Waals surface area contributed by atoms with E-state index in [0.717, 1.165) is 9.86 Å². The van der Waals surface area contributed by atoms with Crippen LogP contribution < -0.4 is 14.2 Å². The summed E-state index contributed by atoms with van der Waals surface area (Å²) in [5.74, 6) is -0.806. The van der Waals surface area contributed by atoms with Crippen molar-refractivity contribution in [1.29, 1.82) is 0 Å². The molecule has 0 amide bonds. The molecule has 0 bridgehead atoms. The number of hydrogen-bond donors (Lipinski definition) is 1. The highest BCUT2D eigenvalue weighted by Gasteiger charge is 2.44. The van der Waals surface area contributed by atoms with Gasteiger partial charge in [0.2, 0.25) is 11.8 Å². The van der Waals surface area contributed by atoms with Crippen LogP contribution in [0.3, 0.4) is 0 Å². The Bertz CT molecular complexity index is 1480. The molecule has 0 spiro atoms. The predicted octanol–water partition coefficient (Wildman–Crippen LogP) is 6.25. The summed E-state index contributed by atoms with van der Waals surface area (Å²) in [6.07, 6.45) is 2.15. The van der Waals surface area contributed by atoms with Crippen LogP contribution in [0.5, 0.6) is 17.5 Å². The predicted molar refractivity (Wildman–Crippen MR) is 160 cm³/mol. The number of aromatic nitrogens is 2. The molecular formula is C30H33BrFN3O4S. The topological polar surface area (TPSA) is 76.9 Å². The second-order valence-electron chi connectivity index (χ2n) is 9.64. The number of nitrogens with zero attached hydrogens (tertiary/aromatic N) is 3. The van der Waals surface area contributed by atoms with Gasteiger partial charge in [-0.2, -0.15) is 0 Å². The summed E-state index contributed by atoms with van der Waals surface area (Å²) in [6.45, 7) is 0.507. The summed E-state index contributed by atoms with van der Waals surface area (Å²) in [7, 11) is 8.33.